The molecule has 1 fully saturated rings. The van der Waals surface area contributed by atoms with Crippen LogP contribution >= 0.6 is 0 Å². The molecule has 7 heteroatoms. The maximum atomic E-state index is 12.2. The molecule has 4 nitrogen and oxygen atoms in total. The monoisotopic (exact) mass is 331 g/mol. The van der Waals surface area contributed by atoms with Crippen LogP contribution in [0, 0.1) is 5.92 Å². The normalized spacial score (nSPS) is 21.7. The van der Waals surface area contributed by atoms with Crippen molar-refractivity contribution in [2.45, 2.75) is 38.1 Å². The second-order valence-electron chi connectivity index (χ2n) is 5.96. The van der Waals surface area contributed by atoms with E-state index in [9.17, 15) is 23.1 Å². The van der Waals surface area contributed by atoms with E-state index in [1.165, 1.54) is 12.1 Å². The van der Waals surface area contributed by atoms with E-state index in [4.69, 9.17) is 0 Å². The van der Waals surface area contributed by atoms with Crippen LogP contribution in [0.25, 0.3) is 0 Å². The Morgan fingerprint density at radius 2 is 2.00 bits per heavy atom. The summed E-state index contributed by atoms with van der Waals surface area (Å²) in [5, 5.41) is 9.24. The number of carbonyl (C=O) groups excluding carboxylic acids is 1. The van der Waals surface area contributed by atoms with Gasteiger partial charge in [0.05, 0.1) is 6.10 Å². The standard InChI is InChI=1S/C16H20F3NO3/c1-10(21)7-8-20(2)15(22)14-9-13(14)11-3-5-12(6-4-11)23-16(17,18)19/h3-6,10,13-14,21H,7-9H2,1-2H3. The van der Waals surface area contributed by atoms with Gasteiger partial charge in [-0.05, 0) is 43.4 Å². The van der Waals surface area contributed by atoms with Crippen LogP contribution in [0.3, 0.4) is 0 Å². The van der Waals surface area contributed by atoms with Crippen molar-refractivity contribution in [2.24, 2.45) is 5.92 Å². The number of halogens is 3. The number of hydrogen-bond donors (Lipinski definition) is 1. The second-order valence-corrected chi connectivity index (χ2v) is 5.96. The molecule has 0 radical (unpaired) electrons. The largest absolute Gasteiger partial charge is 0.573 e. The van der Waals surface area contributed by atoms with Crippen LogP contribution in [-0.4, -0.2) is 42.0 Å². The average molecular weight is 331 g/mol. The number of hydrogen-bond acceptors (Lipinski definition) is 3. The summed E-state index contributed by atoms with van der Waals surface area (Å²) in [6, 6.07) is 5.66. The molecular formula is C16H20F3NO3. The van der Waals surface area contributed by atoms with Gasteiger partial charge in [-0.2, -0.15) is 0 Å². The number of aliphatic hydroxyl groups is 1. The van der Waals surface area contributed by atoms with E-state index in [0.29, 0.717) is 19.4 Å². The molecule has 1 amide bonds. The quantitative estimate of drug-likeness (QED) is 0.872. The first-order valence-corrected chi connectivity index (χ1v) is 7.46. The predicted octanol–water partition coefficient (Wildman–Crippen LogP) is 2.92. The van der Waals surface area contributed by atoms with Crippen molar-refractivity contribution < 1.29 is 27.8 Å². The van der Waals surface area contributed by atoms with Gasteiger partial charge in [-0.25, -0.2) is 0 Å². The van der Waals surface area contributed by atoms with Gasteiger partial charge in [0.1, 0.15) is 5.75 Å². The Bertz CT molecular complexity index is 542. The maximum Gasteiger partial charge on any atom is 0.573 e. The summed E-state index contributed by atoms with van der Waals surface area (Å²) in [4.78, 5) is 13.8. The van der Waals surface area contributed by atoms with Crippen molar-refractivity contribution in [1.29, 1.82) is 0 Å². The lowest BCUT2D eigenvalue weighted by Crippen LogP contribution is -2.31. The minimum absolute atomic E-state index is 0.00580. The van der Waals surface area contributed by atoms with Crippen molar-refractivity contribution in [3.8, 4) is 5.75 Å². The molecule has 0 aromatic heterocycles. The van der Waals surface area contributed by atoms with E-state index in [1.54, 1.807) is 31.0 Å². The molecule has 0 spiro atoms. The zero-order valence-corrected chi connectivity index (χ0v) is 13.0. The molecule has 23 heavy (non-hydrogen) atoms. The Morgan fingerprint density at radius 3 is 2.52 bits per heavy atom. The lowest BCUT2D eigenvalue weighted by atomic mass is 10.1. The number of alkyl halides is 3. The summed E-state index contributed by atoms with van der Waals surface area (Å²) >= 11 is 0. The summed E-state index contributed by atoms with van der Waals surface area (Å²) in [6.45, 7) is 2.15. The van der Waals surface area contributed by atoms with Gasteiger partial charge in [-0.3, -0.25) is 4.79 Å². The average Bonchev–Trinajstić information content (AvgIpc) is 3.23. The van der Waals surface area contributed by atoms with Crippen LogP contribution in [0.2, 0.25) is 0 Å². The summed E-state index contributed by atoms with van der Waals surface area (Å²) in [6.07, 6.45) is -3.95. The summed E-state index contributed by atoms with van der Waals surface area (Å²) in [5.41, 5.74) is 0.835. The Morgan fingerprint density at radius 1 is 1.39 bits per heavy atom. The number of aliphatic hydroxyl groups excluding tert-OH is 1. The topological polar surface area (TPSA) is 49.8 Å². The molecule has 1 aromatic carbocycles. The van der Waals surface area contributed by atoms with E-state index >= 15 is 0 Å². The van der Waals surface area contributed by atoms with Crippen LogP contribution in [0.15, 0.2) is 24.3 Å². The lowest BCUT2D eigenvalue weighted by Gasteiger charge is -2.18. The SMILES string of the molecule is CC(O)CCN(C)C(=O)C1CC1c1ccc(OC(F)(F)F)cc1. The minimum atomic E-state index is -4.70. The van der Waals surface area contributed by atoms with Gasteiger partial charge in [0.2, 0.25) is 5.91 Å². The van der Waals surface area contributed by atoms with Crippen LogP contribution in [0.1, 0.15) is 31.2 Å². The van der Waals surface area contributed by atoms with E-state index in [-0.39, 0.29) is 23.5 Å². The van der Waals surface area contributed by atoms with Crippen molar-refractivity contribution in [2.75, 3.05) is 13.6 Å². The smallest absolute Gasteiger partial charge is 0.406 e. The van der Waals surface area contributed by atoms with Crippen molar-refractivity contribution in [3.63, 3.8) is 0 Å². The Hall–Kier alpha value is -1.76. The molecule has 1 saturated carbocycles. The molecular weight excluding hydrogens is 311 g/mol. The zero-order valence-electron chi connectivity index (χ0n) is 13.0. The van der Waals surface area contributed by atoms with E-state index in [2.05, 4.69) is 4.74 Å². The first kappa shape index (κ1) is 17.6. The number of carbonyl (C=O) groups is 1. The van der Waals surface area contributed by atoms with Gasteiger partial charge in [0.25, 0.3) is 0 Å². The van der Waals surface area contributed by atoms with Gasteiger partial charge in [-0.15, -0.1) is 13.2 Å². The fraction of sp³-hybridized carbons (Fsp3) is 0.562. The highest BCUT2D eigenvalue weighted by Crippen LogP contribution is 2.48. The van der Waals surface area contributed by atoms with Crippen LogP contribution in [-0.2, 0) is 4.79 Å². The van der Waals surface area contributed by atoms with Crippen molar-refractivity contribution >= 4 is 5.91 Å². The molecule has 1 aliphatic rings. The molecule has 0 aliphatic heterocycles. The maximum absolute atomic E-state index is 12.2. The third-order valence-electron chi connectivity index (χ3n) is 3.91. The molecule has 2 rings (SSSR count). The Kier molecular flexibility index (Phi) is 5.19. The van der Waals surface area contributed by atoms with Crippen molar-refractivity contribution in [3.05, 3.63) is 29.8 Å². The number of rotatable bonds is 6. The fourth-order valence-corrected chi connectivity index (χ4v) is 2.53. The van der Waals surface area contributed by atoms with Crippen LogP contribution < -0.4 is 4.74 Å². The highest BCUT2D eigenvalue weighted by Gasteiger charge is 2.45. The number of ether oxygens (including phenoxy) is 1. The molecule has 3 unspecified atom stereocenters. The third kappa shape index (κ3) is 5.13. The second kappa shape index (κ2) is 6.78. The highest BCUT2D eigenvalue weighted by molar-refractivity contribution is 5.82. The van der Waals surface area contributed by atoms with Crippen LogP contribution in [0.5, 0.6) is 5.75 Å². The lowest BCUT2D eigenvalue weighted by molar-refractivity contribution is -0.274. The molecule has 1 N–H and O–H groups in total. The van der Waals surface area contributed by atoms with Gasteiger partial charge in [-0.1, -0.05) is 12.1 Å². The zero-order chi connectivity index (χ0) is 17.2. The molecule has 0 heterocycles. The molecule has 128 valence electrons. The minimum Gasteiger partial charge on any atom is -0.406 e. The molecule has 1 aromatic rings. The molecule has 1 aliphatic carbocycles. The first-order chi connectivity index (χ1) is 10.7. The number of nitrogens with zero attached hydrogens (tertiary/aromatic N) is 1. The molecule has 0 saturated heterocycles. The highest BCUT2D eigenvalue weighted by atomic mass is 19.4. The van der Waals surface area contributed by atoms with Gasteiger partial charge in [0, 0.05) is 19.5 Å². The van der Waals surface area contributed by atoms with Crippen LogP contribution in [0.4, 0.5) is 13.2 Å². The first-order valence-electron chi connectivity index (χ1n) is 7.46. The van der Waals surface area contributed by atoms with Gasteiger partial charge >= 0.3 is 6.36 Å². The van der Waals surface area contributed by atoms with E-state index in [1.807, 2.05) is 0 Å². The predicted molar refractivity (Wildman–Crippen MR) is 77.9 cm³/mol. The Labute approximate surface area is 132 Å². The summed E-state index contributed by atoms with van der Waals surface area (Å²) in [7, 11) is 1.69. The Balaban J connectivity index is 1.89. The summed E-state index contributed by atoms with van der Waals surface area (Å²) < 4.78 is 40.2. The summed E-state index contributed by atoms with van der Waals surface area (Å²) in [5.74, 6) is -0.357. The molecule has 3 atom stereocenters. The van der Waals surface area contributed by atoms with E-state index < -0.39 is 12.5 Å². The fourth-order valence-electron chi connectivity index (χ4n) is 2.53. The van der Waals surface area contributed by atoms with Gasteiger partial charge in [0.15, 0.2) is 0 Å². The third-order valence-corrected chi connectivity index (χ3v) is 3.91. The number of benzene rings is 1. The van der Waals surface area contributed by atoms with E-state index in [0.717, 1.165) is 5.56 Å². The van der Waals surface area contributed by atoms with Crippen molar-refractivity contribution in [1.82, 2.24) is 4.90 Å². The van der Waals surface area contributed by atoms with Gasteiger partial charge < -0.3 is 14.7 Å². The number of amides is 1. The molecule has 0 bridgehead atoms.